The molecule has 1 saturated carbocycles. The molecule has 0 spiro atoms. The normalized spacial score (nSPS) is 14.0. The van der Waals surface area contributed by atoms with Crippen molar-refractivity contribution in [3.05, 3.63) is 54.1 Å². The Morgan fingerprint density at radius 2 is 1.54 bits per heavy atom. The van der Waals surface area contributed by atoms with E-state index in [2.05, 4.69) is 50.2 Å². The van der Waals surface area contributed by atoms with Crippen LogP contribution in [0.1, 0.15) is 32.3 Å². The summed E-state index contributed by atoms with van der Waals surface area (Å²) in [5.74, 6) is 4.52. The van der Waals surface area contributed by atoms with Gasteiger partial charge in [0.05, 0.1) is 6.61 Å². The number of rotatable bonds is 9. The van der Waals surface area contributed by atoms with Gasteiger partial charge in [0.25, 0.3) is 0 Å². The molecule has 0 heterocycles. The van der Waals surface area contributed by atoms with Gasteiger partial charge in [0.2, 0.25) is 0 Å². The van der Waals surface area contributed by atoms with Crippen LogP contribution in [0.15, 0.2) is 53.4 Å². The topological polar surface area (TPSA) is 18.5 Å². The van der Waals surface area contributed by atoms with Crippen molar-refractivity contribution < 1.29 is 9.47 Å². The average molecular weight is 343 g/mol. The van der Waals surface area contributed by atoms with E-state index in [0.717, 1.165) is 35.3 Å². The van der Waals surface area contributed by atoms with Crippen LogP contribution < -0.4 is 9.47 Å². The highest BCUT2D eigenvalue weighted by Crippen LogP contribution is 2.29. The van der Waals surface area contributed by atoms with Gasteiger partial charge in [0.1, 0.15) is 18.1 Å². The van der Waals surface area contributed by atoms with Crippen molar-refractivity contribution in [2.75, 3.05) is 12.4 Å². The van der Waals surface area contributed by atoms with Crippen molar-refractivity contribution in [1.29, 1.82) is 0 Å². The summed E-state index contributed by atoms with van der Waals surface area (Å²) in [4.78, 5) is 1.30. The molecule has 0 radical (unpaired) electrons. The minimum absolute atomic E-state index is 0.585. The lowest BCUT2D eigenvalue weighted by atomic mass is 10.2. The summed E-state index contributed by atoms with van der Waals surface area (Å²) in [5.41, 5.74) is 1.16. The summed E-state index contributed by atoms with van der Waals surface area (Å²) in [6.45, 7) is 5.93. The highest BCUT2D eigenvalue weighted by Gasteiger charge is 2.21. The van der Waals surface area contributed by atoms with Gasteiger partial charge >= 0.3 is 0 Å². The van der Waals surface area contributed by atoms with Gasteiger partial charge in [-0.15, -0.1) is 11.8 Å². The second-order valence-corrected chi connectivity index (χ2v) is 7.96. The van der Waals surface area contributed by atoms with Crippen LogP contribution in [0, 0.1) is 11.8 Å². The molecule has 2 aromatic rings. The summed E-state index contributed by atoms with van der Waals surface area (Å²) in [6, 6.07) is 16.6. The zero-order valence-corrected chi connectivity index (χ0v) is 15.4. The lowest BCUT2D eigenvalue weighted by Gasteiger charge is -2.09. The maximum absolute atomic E-state index is 5.87. The van der Waals surface area contributed by atoms with Gasteiger partial charge in [-0.3, -0.25) is 0 Å². The van der Waals surface area contributed by atoms with Crippen molar-refractivity contribution in [1.82, 2.24) is 0 Å². The van der Waals surface area contributed by atoms with E-state index < -0.39 is 0 Å². The summed E-state index contributed by atoms with van der Waals surface area (Å²) in [6.07, 6.45) is 2.64. The van der Waals surface area contributed by atoms with Crippen LogP contribution in [-0.2, 0) is 6.61 Å². The van der Waals surface area contributed by atoms with Crippen LogP contribution in [0.2, 0.25) is 0 Å². The fourth-order valence-corrected chi connectivity index (χ4v) is 3.10. The van der Waals surface area contributed by atoms with E-state index in [1.165, 1.54) is 17.7 Å². The highest BCUT2D eigenvalue weighted by molar-refractivity contribution is 7.99. The zero-order chi connectivity index (χ0) is 16.8. The molecule has 0 unspecified atom stereocenters. The number of hydrogen-bond donors (Lipinski definition) is 0. The predicted molar refractivity (Wildman–Crippen MR) is 101 cm³/mol. The molecule has 3 rings (SSSR count). The summed E-state index contributed by atoms with van der Waals surface area (Å²) < 4.78 is 11.6. The quantitative estimate of drug-likeness (QED) is 0.536. The average Bonchev–Trinajstić information content (AvgIpc) is 3.42. The van der Waals surface area contributed by atoms with E-state index in [1.54, 1.807) is 0 Å². The maximum Gasteiger partial charge on any atom is 0.119 e. The smallest absolute Gasteiger partial charge is 0.119 e. The zero-order valence-electron chi connectivity index (χ0n) is 14.5. The van der Waals surface area contributed by atoms with Crippen LogP contribution in [0.4, 0.5) is 0 Å². The van der Waals surface area contributed by atoms with E-state index in [1.807, 2.05) is 23.9 Å². The van der Waals surface area contributed by atoms with Crippen molar-refractivity contribution in [3.8, 4) is 11.5 Å². The van der Waals surface area contributed by atoms with Crippen LogP contribution in [0.25, 0.3) is 0 Å². The minimum Gasteiger partial charge on any atom is -0.493 e. The third-order valence-electron chi connectivity index (χ3n) is 3.92. The second-order valence-electron chi connectivity index (χ2n) is 6.86. The fourth-order valence-electron chi connectivity index (χ4n) is 2.24. The lowest BCUT2D eigenvalue weighted by molar-refractivity contribution is 0.297. The molecule has 0 aliphatic heterocycles. The number of benzene rings is 2. The fraction of sp³-hybridized carbons (Fsp3) is 0.429. The standard InChI is InChI=1S/C21H26O2S/c1-16(2)15-24-21-11-9-20(10-12-21)23-14-18-5-7-19(8-6-18)22-13-17-3-4-17/h5-12,16-17H,3-4,13-15H2,1-2H3. The highest BCUT2D eigenvalue weighted by atomic mass is 32.2. The summed E-state index contributed by atoms with van der Waals surface area (Å²) >= 11 is 1.89. The Hall–Kier alpha value is -1.61. The predicted octanol–water partition coefficient (Wildman–Crippen LogP) is 5.80. The Kier molecular flexibility index (Phi) is 6.08. The Balaban J connectivity index is 1.44. The number of ether oxygens (including phenoxy) is 2. The molecule has 0 bridgehead atoms. The van der Waals surface area contributed by atoms with Crippen LogP contribution in [0.5, 0.6) is 11.5 Å². The van der Waals surface area contributed by atoms with Gasteiger partial charge in [0, 0.05) is 10.6 Å². The molecular weight excluding hydrogens is 316 g/mol. The van der Waals surface area contributed by atoms with Crippen LogP contribution >= 0.6 is 11.8 Å². The Morgan fingerprint density at radius 3 is 2.17 bits per heavy atom. The van der Waals surface area contributed by atoms with Gasteiger partial charge in [-0.1, -0.05) is 26.0 Å². The van der Waals surface area contributed by atoms with E-state index in [0.29, 0.717) is 12.5 Å². The molecule has 1 aliphatic rings. The number of hydrogen-bond acceptors (Lipinski definition) is 3. The molecule has 2 nitrogen and oxygen atoms in total. The van der Waals surface area contributed by atoms with E-state index in [4.69, 9.17) is 9.47 Å². The Labute approximate surface area is 149 Å². The third-order valence-corrected chi connectivity index (χ3v) is 5.36. The first-order valence-electron chi connectivity index (χ1n) is 8.76. The minimum atomic E-state index is 0.585. The van der Waals surface area contributed by atoms with Crippen molar-refractivity contribution >= 4 is 11.8 Å². The first-order chi connectivity index (χ1) is 11.7. The number of thioether (sulfide) groups is 1. The van der Waals surface area contributed by atoms with Gasteiger partial charge in [-0.05, 0) is 66.6 Å². The van der Waals surface area contributed by atoms with Crippen molar-refractivity contribution in [2.24, 2.45) is 11.8 Å². The molecule has 0 saturated heterocycles. The van der Waals surface area contributed by atoms with Crippen molar-refractivity contribution in [2.45, 2.75) is 38.2 Å². The lowest BCUT2D eigenvalue weighted by Crippen LogP contribution is -1.99. The molecule has 0 aromatic heterocycles. The van der Waals surface area contributed by atoms with E-state index >= 15 is 0 Å². The Bertz CT molecular complexity index is 566. The van der Waals surface area contributed by atoms with Gasteiger partial charge in [-0.25, -0.2) is 0 Å². The SMILES string of the molecule is CC(C)CSc1ccc(OCc2ccc(OCC3CC3)cc2)cc1. The van der Waals surface area contributed by atoms with Crippen molar-refractivity contribution in [3.63, 3.8) is 0 Å². The van der Waals surface area contributed by atoms with Gasteiger partial charge in [0.15, 0.2) is 0 Å². The molecule has 1 fully saturated rings. The van der Waals surface area contributed by atoms with E-state index in [9.17, 15) is 0 Å². The summed E-state index contributed by atoms with van der Waals surface area (Å²) in [5, 5.41) is 0. The van der Waals surface area contributed by atoms with E-state index in [-0.39, 0.29) is 0 Å². The largest absolute Gasteiger partial charge is 0.493 e. The molecule has 0 amide bonds. The third kappa shape index (κ3) is 5.79. The van der Waals surface area contributed by atoms with Gasteiger partial charge < -0.3 is 9.47 Å². The molecule has 128 valence electrons. The summed E-state index contributed by atoms with van der Waals surface area (Å²) in [7, 11) is 0. The Morgan fingerprint density at radius 1 is 0.917 bits per heavy atom. The van der Waals surface area contributed by atoms with Crippen LogP contribution in [0.3, 0.4) is 0 Å². The first-order valence-corrected chi connectivity index (χ1v) is 9.75. The molecule has 3 heteroatoms. The maximum atomic E-state index is 5.87. The molecule has 1 aliphatic carbocycles. The molecule has 0 atom stereocenters. The molecule has 2 aromatic carbocycles. The molecule has 0 N–H and O–H groups in total. The molecule has 24 heavy (non-hydrogen) atoms. The monoisotopic (exact) mass is 342 g/mol. The van der Waals surface area contributed by atoms with Crippen LogP contribution in [-0.4, -0.2) is 12.4 Å². The second kappa shape index (κ2) is 8.48. The first kappa shape index (κ1) is 17.2. The van der Waals surface area contributed by atoms with Gasteiger partial charge in [-0.2, -0.15) is 0 Å². The molecular formula is C21H26O2S.